The Labute approximate surface area is 137 Å². The highest BCUT2D eigenvalue weighted by molar-refractivity contribution is 5.17. The van der Waals surface area contributed by atoms with Crippen LogP contribution in [0, 0.1) is 11.6 Å². The number of likely N-dealkylation sites (tertiary alicyclic amines) is 1. The maximum atomic E-state index is 13.2. The second-order valence-corrected chi connectivity index (χ2v) is 6.56. The highest BCUT2D eigenvalue weighted by atomic mass is 19.2. The minimum absolute atomic E-state index is 0.110. The first-order chi connectivity index (χ1) is 11.0. The van der Waals surface area contributed by atoms with Crippen LogP contribution in [0.25, 0.3) is 0 Å². The van der Waals surface area contributed by atoms with Crippen molar-refractivity contribution in [3.63, 3.8) is 0 Å². The third-order valence-electron chi connectivity index (χ3n) is 4.24. The molecule has 2 atom stereocenters. The molecule has 1 heterocycles. The van der Waals surface area contributed by atoms with E-state index in [1.165, 1.54) is 6.07 Å². The van der Waals surface area contributed by atoms with Gasteiger partial charge in [-0.05, 0) is 57.7 Å². The molecule has 0 aliphatic carbocycles. The van der Waals surface area contributed by atoms with Crippen LogP contribution in [0.2, 0.25) is 0 Å². The van der Waals surface area contributed by atoms with Crippen LogP contribution in [0.3, 0.4) is 0 Å². The summed E-state index contributed by atoms with van der Waals surface area (Å²) < 4.78 is 26.2. The number of β-amino-alcohol motifs (C(OH)–C–C–N with tert-alkyl or cyclic N) is 1. The summed E-state index contributed by atoms with van der Waals surface area (Å²) in [5, 5.41) is 13.7. The summed E-state index contributed by atoms with van der Waals surface area (Å²) in [4.78, 5) is 4.22. The van der Waals surface area contributed by atoms with E-state index in [4.69, 9.17) is 0 Å². The van der Waals surface area contributed by atoms with Crippen LogP contribution >= 0.6 is 0 Å². The lowest BCUT2D eigenvalue weighted by atomic mass is 10.0. The fourth-order valence-electron chi connectivity index (χ4n) is 2.96. The van der Waals surface area contributed by atoms with E-state index < -0.39 is 17.7 Å². The second kappa shape index (κ2) is 8.68. The van der Waals surface area contributed by atoms with Gasteiger partial charge < -0.3 is 15.3 Å². The smallest absolute Gasteiger partial charge is 0.159 e. The fourth-order valence-corrected chi connectivity index (χ4v) is 2.96. The number of halogens is 2. The van der Waals surface area contributed by atoms with Gasteiger partial charge in [-0.2, -0.15) is 0 Å². The average Bonchev–Trinajstić information content (AvgIpc) is 2.49. The highest BCUT2D eigenvalue weighted by Gasteiger charge is 2.27. The molecule has 1 aromatic rings. The Morgan fingerprint density at radius 3 is 2.74 bits per heavy atom. The van der Waals surface area contributed by atoms with E-state index in [0.29, 0.717) is 13.1 Å². The molecule has 1 aliphatic rings. The van der Waals surface area contributed by atoms with Gasteiger partial charge in [-0.15, -0.1) is 0 Å². The number of piperidine rings is 1. The monoisotopic (exact) mass is 327 g/mol. The maximum absolute atomic E-state index is 13.2. The van der Waals surface area contributed by atoms with Crippen molar-refractivity contribution in [1.29, 1.82) is 0 Å². The minimum atomic E-state index is -0.825. The van der Waals surface area contributed by atoms with Crippen LogP contribution in [0.1, 0.15) is 18.4 Å². The summed E-state index contributed by atoms with van der Waals surface area (Å²) in [5.41, 5.74) is 0.730. The lowest BCUT2D eigenvalue weighted by molar-refractivity contribution is 0.0369. The molecule has 23 heavy (non-hydrogen) atoms. The van der Waals surface area contributed by atoms with Crippen molar-refractivity contribution >= 4 is 0 Å². The van der Waals surface area contributed by atoms with Gasteiger partial charge >= 0.3 is 0 Å². The Morgan fingerprint density at radius 2 is 2.09 bits per heavy atom. The number of nitrogens with one attached hydrogen (secondary N) is 1. The highest BCUT2D eigenvalue weighted by Crippen LogP contribution is 2.16. The molecule has 0 radical (unpaired) electrons. The molecule has 0 unspecified atom stereocenters. The number of nitrogens with zero attached hydrogens (tertiary/aromatic N) is 2. The van der Waals surface area contributed by atoms with Crippen molar-refractivity contribution < 1.29 is 13.9 Å². The minimum Gasteiger partial charge on any atom is -0.390 e. The van der Waals surface area contributed by atoms with E-state index >= 15 is 0 Å². The summed E-state index contributed by atoms with van der Waals surface area (Å²) in [5.74, 6) is -1.64. The molecule has 0 saturated carbocycles. The van der Waals surface area contributed by atoms with Gasteiger partial charge in [0.1, 0.15) is 0 Å². The number of benzene rings is 1. The van der Waals surface area contributed by atoms with E-state index in [2.05, 4.69) is 15.1 Å². The number of hydrogen-bond donors (Lipinski definition) is 2. The predicted molar refractivity (Wildman–Crippen MR) is 87.2 cm³/mol. The largest absolute Gasteiger partial charge is 0.390 e. The molecule has 6 heteroatoms. The van der Waals surface area contributed by atoms with Gasteiger partial charge in [-0.1, -0.05) is 6.07 Å². The van der Waals surface area contributed by atoms with Crippen LogP contribution in [-0.4, -0.2) is 67.3 Å². The third-order valence-corrected chi connectivity index (χ3v) is 4.24. The standard InChI is InChI=1S/C17H27F2N3O/c1-21(2)8-3-7-20-16-6-9-22(12-17(16)23)11-13-4-5-14(18)15(19)10-13/h4-5,10,16-17,20,23H,3,6-9,11-12H2,1-2H3/t16-,17-/m1/s1. The normalized spacial score (nSPS) is 22.7. The van der Waals surface area contributed by atoms with Crippen LogP contribution in [0.15, 0.2) is 18.2 Å². The summed E-state index contributed by atoms with van der Waals surface area (Å²) in [6.07, 6.45) is 1.47. The number of rotatable bonds is 7. The molecular weight excluding hydrogens is 300 g/mol. The Balaban J connectivity index is 1.75. The number of hydrogen-bond acceptors (Lipinski definition) is 4. The number of aliphatic hydroxyl groups is 1. The quantitative estimate of drug-likeness (QED) is 0.744. The first-order valence-electron chi connectivity index (χ1n) is 8.18. The lowest BCUT2D eigenvalue weighted by Gasteiger charge is -2.36. The summed E-state index contributed by atoms with van der Waals surface area (Å²) >= 11 is 0. The van der Waals surface area contributed by atoms with Gasteiger partial charge in [0.05, 0.1) is 6.10 Å². The van der Waals surface area contributed by atoms with Crippen molar-refractivity contribution in [3.8, 4) is 0 Å². The molecule has 2 N–H and O–H groups in total. The van der Waals surface area contributed by atoms with Gasteiger partial charge in [0.25, 0.3) is 0 Å². The molecule has 1 fully saturated rings. The van der Waals surface area contributed by atoms with Gasteiger partial charge in [0, 0.05) is 25.7 Å². The van der Waals surface area contributed by atoms with Crippen molar-refractivity contribution in [2.75, 3.05) is 40.3 Å². The molecule has 130 valence electrons. The molecule has 0 spiro atoms. The first kappa shape index (κ1) is 18.3. The van der Waals surface area contributed by atoms with Gasteiger partial charge in [0.2, 0.25) is 0 Å². The van der Waals surface area contributed by atoms with Gasteiger partial charge in [-0.3, -0.25) is 4.90 Å². The molecule has 2 rings (SSSR count). The molecule has 0 aromatic heterocycles. The van der Waals surface area contributed by atoms with Crippen molar-refractivity contribution in [2.24, 2.45) is 0 Å². The Hall–Kier alpha value is -1.08. The molecule has 1 aromatic carbocycles. The lowest BCUT2D eigenvalue weighted by Crippen LogP contribution is -2.52. The van der Waals surface area contributed by atoms with Gasteiger partial charge in [0.15, 0.2) is 11.6 Å². The average molecular weight is 327 g/mol. The van der Waals surface area contributed by atoms with Crippen LogP contribution < -0.4 is 5.32 Å². The van der Waals surface area contributed by atoms with E-state index in [0.717, 1.165) is 44.1 Å². The zero-order valence-corrected chi connectivity index (χ0v) is 13.9. The Morgan fingerprint density at radius 1 is 1.30 bits per heavy atom. The molecule has 0 amide bonds. The van der Waals surface area contributed by atoms with Crippen LogP contribution in [0.4, 0.5) is 8.78 Å². The van der Waals surface area contributed by atoms with Crippen molar-refractivity contribution in [3.05, 3.63) is 35.4 Å². The van der Waals surface area contributed by atoms with E-state index in [1.54, 1.807) is 6.07 Å². The van der Waals surface area contributed by atoms with E-state index in [-0.39, 0.29) is 6.04 Å². The molecule has 1 aliphatic heterocycles. The molecular formula is C17H27F2N3O. The third kappa shape index (κ3) is 5.80. The van der Waals surface area contributed by atoms with Gasteiger partial charge in [-0.25, -0.2) is 8.78 Å². The van der Waals surface area contributed by atoms with Crippen LogP contribution in [0.5, 0.6) is 0 Å². The zero-order valence-electron chi connectivity index (χ0n) is 13.9. The predicted octanol–water partition coefficient (Wildman–Crippen LogP) is 1.44. The second-order valence-electron chi connectivity index (χ2n) is 6.56. The SMILES string of the molecule is CN(C)CCCN[C@@H]1CCN(Cc2ccc(F)c(F)c2)C[C@H]1O. The van der Waals surface area contributed by atoms with E-state index in [1.807, 2.05) is 14.1 Å². The Kier molecular flexibility index (Phi) is 6.89. The van der Waals surface area contributed by atoms with E-state index in [9.17, 15) is 13.9 Å². The topological polar surface area (TPSA) is 38.7 Å². The fraction of sp³-hybridized carbons (Fsp3) is 0.647. The molecule has 4 nitrogen and oxygen atoms in total. The summed E-state index contributed by atoms with van der Waals surface area (Å²) in [6, 6.07) is 4.09. The molecule has 0 bridgehead atoms. The Bertz CT molecular complexity index is 499. The maximum Gasteiger partial charge on any atom is 0.159 e. The van der Waals surface area contributed by atoms with Crippen molar-refractivity contribution in [1.82, 2.24) is 15.1 Å². The first-order valence-corrected chi connectivity index (χ1v) is 8.18. The zero-order chi connectivity index (χ0) is 16.8. The number of aliphatic hydroxyl groups excluding tert-OH is 1. The van der Waals surface area contributed by atoms with Crippen molar-refractivity contribution in [2.45, 2.75) is 31.5 Å². The van der Waals surface area contributed by atoms with Crippen LogP contribution in [-0.2, 0) is 6.54 Å². The molecule has 1 saturated heterocycles. The summed E-state index contributed by atoms with van der Waals surface area (Å²) in [6.45, 7) is 3.83. The summed E-state index contributed by atoms with van der Waals surface area (Å²) in [7, 11) is 4.09.